The van der Waals surface area contributed by atoms with Crippen molar-refractivity contribution in [2.45, 2.75) is 32.2 Å². The van der Waals surface area contributed by atoms with Crippen LogP contribution < -0.4 is 5.73 Å². The van der Waals surface area contributed by atoms with Gasteiger partial charge in [-0.1, -0.05) is 13.8 Å². The molecule has 0 saturated carbocycles. The van der Waals surface area contributed by atoms with Crippen LogP contribution in [0.4, 0.5) is 0 Å². The van der Waals surface area contributed by atoms with Gasteiger partial charge in [-0.05, 0) is 17.9 Å². The van der Waals surface area contributed by atoms with E-state index in [4.69, 9.17) is 5.73 Å². The first-order valence-electron chi connectivity index (χ1n) is 5.17. The second-order valence-electron chi connectivity index (χ2n) is 3.76. The van der Waals surface area contributed by atoms with Crippen LogP contribution in [-0.4, -0.2) is 16.0 Å². The predicted molar refractivity (Wildman–Crippen MR) is 64.1 cm³/mol. The summed E-state index contributed by atoms with van der Waals surface area (Å²) in [5.41, 5.74) is 7.13. The molecule has 0 spiro atoms. The Bertz CT molecular complexity index is 452. The lowest BCUT2D eigenvalue weighted by Gasteiger charge is -2.17. The molecule has 2 atom stereocenters. The van der Waals surface area contributed by atoms with Crippen LogP contribution in [-0.2, 0) is 0 Å². The van der Waals surface area contributed by atoms with E-state index in [1.54, 1.807) is 17.7 Å². The van der Waals surface area contributed by atoms with Crippen LogP contribution in [0.2, 0.25) is 0 Å². The molecule has 0 radical (unpaired) electrons. The van der Waals surface area contributed by atoms with E-state index in [9.17, 15) is 0 Å². The minimum absolute atomic E-state index is 0.169. The van der Waals surface area contributed by atoms with Crippen molar-refractivity contribution in [2.24, 2.45) is 5.73 Å². The summed E-state index contributed by atoms with van der Waals surface area (Å²) in [5.74, 6) is 0.287. The maximum absolute atomic E-state index is 6.05. The van der Waals surface area contributed by atoms with E-state index in [0.717, 1.165) is 22.3 Å². The molecule has 2 heterocycles. The van der Waals surface area contributed by atoms with Crippen molar-refractivity contribution in [1.29, 1.82) is 0 Å². The van der Waals surface area contributed by atoms with E-state index in [-0.39, 0.29) is 12.0 Å². The topological polar surface area (TPSA) is 51.8 Å². The van der Waals surface area contributed by atoms with Crippen LogP contribution in [0.3, 0.4) is 0 Å². The molecule has 15 heavy (non-hydrogen) atoms. The maximum Gasteiger partial charge on any atom is 0.126 e. The third kappa shape index (κ3) is 1.87. The van der Waals surface area contributed by atoms with Gasteiger partial charge in [-0.25, -0.2) is 9.97 Å². The lowest BCUT2D eigenvalue weighted by molar-refractivity contribution is 0.543. The number of nitrogens with zero attached hydrogens (tertiary/aromatic N) is 2. The zero-order valence-electron chi connectivity index (χ0n) is 8.97. The van der Waals surface area contributed by atoms with E-state index >= 15 is 0 Å². The third-order valence-corrected chi connectivity index (χ3v) is 3.66. The minimum atomic E-state index is 0.169. The average molecular weight is 221 g/mol. The SMILES string of the molecule is CCC(N)C(C)c1ncnc2sccc12. The zero-order chi connectivity index (χ0) is 10.8. The number of rotatable bonds is 3. The van der Waals surface area contributed by atoms with Gasteiger partial charge in [0.15, 0.2) is 0 Å². The number of hydrogen-bond donors (Lipinski definition) is 1. The Labute approximate surface area is 93.4 Å². The van der Waals surface area contributed by atoms with Gasteiger partial charge in [-0.2, -0.15) is 0 Å². The fraction of sp³-hybridized carbons (Fsp3) is 0.455. The molecule has 2 rings (SSSR count). The zero-order valence-corrected chi connectivity index (χ0v) is 9.79. The highest BCUT2D eigenvalue weighted by atomic mass is 32.1. The van der Waals surface area contributed by atoms with E-state index in [2.05, 4.69) is 29.9 Å². The van der Waals surface area contributed by atoms with Gasteiger partial charge in [-0.3, -0.25) is 0 Å². The molecule has 0 bridgehead atoms. The van der Waals surface area contributed by atoms with E-state index in [1.165, 1.54) is 0 Å². The largest absolute Gasteiger partial charge is 0.327 e. The molecular weight excluding hydrogens is 206 g/mol. The molecule has 0 amide bonds. The van der Waals surface area contributed by atoms with E-state index in [1.807, 2.05) is 5.38 Å². The fourth-order valence-corrected chi connectivity index (χ4v) is 2.47. The summed E-state index contributed by atoms with van der Waals surface area (Å²) in [7, 11) is 0. The average Bonchev–Trinajstić information content (AvgIpc) is 2.74. The second kappa shape index (κ2) is 4.24. The van der Waals surface area contributed by atoms with Crippen LogP contribution in [0, 0.1) is 0 Å². The smallest absolute Gasteiger partial charge is 0.126 e. The molecule has 2 unspecified atom stereocenters. The van der Waals surface area contributed by atoms with Gasteiger partial charge in [0.25, 0.3) is 0 Å². The highest BCUT2D eigenvalue weighted by Gasteiger charge is 2.17. The molecule has 0 saturated heterocycles. The fourth-order valence-electron chi connectivity index (χ4n) is 1.73. The van der Waals surface area contributed by atoms with Crippen molar-refractivity contribution in [3.63, 3.8) is 0 Å². The van der Waals surface area contributed by atoms with Crippen molar-refractivity contribution in [2.75, 3.05) is 0 Å². The molecule has 0 fully saturated rings. The number of aromatic nitrogens is 2. The number of nitrogens with two attached hydrogens (primary N) is 1. The molecular formula is C11H15N3S. The van der Waals surface area contributed by atoms with Crippen molar-refractivity contribution >= 4 is 21.6 Å². The molecule has 3 nitrogen and oxygen atoms in total. The number of fused-ring (bicyclic) bond motifs is 1. The molecule has 4 heteroatoms. The van der Waals surface area contributed by atoms with Gasteiger partial charge >= 0.3 is 0 Å². The normalized spacial score (nSPS) is 15.4. The molecule has 0 aromatic carbocycles. The lowest BCUT2D eigenvalue weighted by Crippen LogP contribution is -2.26. The van der Waals surface area contributed by atoms with Gasteiger partial charge in [0.1, 0.15) is 11.2 Å². The summed E-state index contributed by atoms with van der Waals surface area (Å²) >= 11 is 1.65. The summed E-state index contributed by atoms with van der Waals surface area (Å²) in [6.45, 7) is 4.24. The molecule has 2 N–H and O–H groups in total. The molecule has 2 aromatic heterocycles. The van der Waals surface area contributed by atoms with Crippen LogP contribution >= 0.6 is 11.3 Å². The third-order valence-electron chi connectivity index (χ3n) is 2.84. The summed E-state index contributed by atoms with van der Waals surface area (Å²) in [6.07, 6.45) is 2.60. The molecule has 80 valence electrons. The standard InChI is InChI=1S/C11H15N3S/c1-3-9(12)7(2)10-8-4-5-15-11(8)14-6-13-10/h4-7,9H,3,12H2,1-2H3. The first kappa shape index (κ1) is 10.5. The Morgan fingerprint density at radius 2 is 2.27 bits per heavy atom. The summed E-state index contributed by atoms with van der Waals surface area (Å²) in [6, 6.07) is 2.25. The van der Waals surface area contributed by atoms with Gasteiger partial charge in [-0.15, -0.1) is 11.3 Å². The van der Waals surface area contributed by atoms with Gasteiger partial charge in [0.2, 0.25) is 0 Å². The first-order valence-corrected chi connectivity index (χ1v) is 6.05. The highest BCUT2D eigenvalue weighted by Crippen LogP contribution is 2.27. The van der Waals surface area contributed by atoms with Crippen LogP contribution in [0.5, 0.6) is 0 Å². The summed E-state index contributed by atoms with van der Waals surface area (Å²) in [5, 5.41) is 3.20. The van der Waals surface area contributed by atoms with Gasteiger partial charge in [0, 0.05) is 17.3 Å². The van der Waals surface area contributed by atoms with Gasteiger partial charge in [0.05, 0.1) is 5.69 Å². The second-order valence-corrected chi connectivity index (χ2v) is 4.65. The van der Waals surface area contributed by atoms with Gasteiger partial charge < -0.3 is 5.73 Å². The Morgan fingerprint density at radius 3 is 3.00 bits per heavy atom. The van der Waals surface area contributed by atoms with Crippen molar-refractivity contribution in [3.8, 4) is 0 Å². The van der Waals surface area contributed by atoms with Crippen LogP contribution in [0.1, 0.15) is 31.9 Å². The highest BCUT2D eigenvalue weighted by molar-refractivity contribution is 7.16. The summed E-state index contributed by atoms with van der Waals surface area (Å²) in [4.78, 5) is 9.65. The van der Waals surface area contributed by atoms with Crippen LogP contribution in [0.25, 0.3) is 10.2 Å². The Kier molecular flexibility index (Phi) is 2.98. The Hall–Kier alpha value is -1.00. The molecule has 2 aromatic rings. The number of thiophene rings is 1. The lowest BCUT2D eigenvalue weighted by atomic mass is 9.95. The van der Waals surface area contributed by atoms with E-state index in [0.29, 0.717) is 0 Å². The van der Waals surface area contributed by atoms with Crippen molar-refractivity contribution in [3.05, 3.63) is 23.5 Å². The first-order chi connectivity index (χ1) is 7.24. The monoisotopic (exact) mass is 221 g/mol. The summed E-state index contributed by atoms with van der Waals surface area (Å²) < 4.78 is 0. The van der Waals surface area contributed by atoms with Crippen molar-refractivity contribution < 1.29 is 0 Å². The molecule has 0 aliphatic heterocycles. The Morgan fingerprint density at radius 1 is 1.47 bits per heavy atom. The Balaban J connectivity index is 2.46. The number of hydrogen-bond acceptors (Lipinski definition) is 4. The molecule has 0 aliphatic carbocycles. The molecule has 0 aliphatic rings. The van der Waals surface area contributed by atoms with Crippen molar-refractivity contribution in [1.82, 2.24) is 9.97 Å². The minimum Gasteiger partial charge on any atom is -0.327 e. The quantitative estimate of drug-likeness (QED) is 0.866. The maximum atomic E-state index is 6.05. The predicted octanol–water partition coefficient (Wildman–Crippen LogP) is 2.53. The van der Waals surface area contributed by atoms with Crippen LogP contribution in [0.15, 0.2) is 17.8 Å². The van der Waals surface area contributed by atoms with E-state index < -0.39 is 0 Å².